The van der Waals surface area contributed by atoms with Crippen LogP contribution >= 0.6 is 11.8 Å². The lowest BCUT2D eigenvalue weighted by molar-refractivity contribution is -0.158. The second-order valence-electron chi connectivity index (χ2n) is 13.6. The van der Waals surface area contributed by atoms with Gasteiger partial charge in [-0.2, -0.15) is 0 Å². The number of hydrogen-bond donors (Lipinski definition) is 6. The van der Waals surface area contributed by atoms with Gasteiger partial charge >= 0.3 is 0 Å². The molecule has 5 rings (SSSR count). The van der Waals surface area contributed by atoms with Crippen LogP contribution in [-0.2, 0) is 21.7 Å². The quantitative estimate of drug-likeness (QED) is 0.0659. The third kappa shape index (κ3) is 10.5. The van der Waals surface area contributed by atoms with E-state index in [1.54, 1.807) is 11.8 Å². The topological polar surface area (TPSA) is 173 Å². The number of aromatic nitrogens is 1. The van der Waals surface area contributed by atoms with Crippen LogP contribution in [0.25, 0.3) is 11.1 Å². The number of aliphatic hydroxyl groups is 6. The molecular formula is C39H52N2O9S. The molecule has 51 heavy (non-hydrogen) atoms. The molecule has 0 bridgehead atoms. The average molecular weight is 725 g/mol. The van der Waals surface area contributed by atoms with Crippen molar-refractivity contribution < 1.29 is 44.9 Å². The predicted octanol–water partition coefficient (Wildman–Crippen LogP) is 3.71. The minimum absolute atomic E-state index is 0.0371. The summed E-state index contributed by atoms with van der Waals surface area (Å²) in [6.45, 7) is 2.27. The zero-order valence-electron chi connectivity index (χ0n) is 29.3. The molecule has 11 nitrogen and oxygen atoms in total. The van der Waals surface area contributed by atoms with Gasteiger partial charge in [-0.25, -0.2) is 0 Å². The molecule has 1 aromatic heterocycles. The van der Waals surface area contributed by atoms with Crippen LogP contribution in [0.1, 0.15) is 68.1 Å². The van der Waals surface area contributed by atoms with E-state index in [1.807, 2.05) is 30.6 Å². The summed E-state index contributed by atoms with van der Waals surface area (Å²) >= 11 is 1.71. The number of benzene rings is 2. The van der Waals surface area contributed by atoms with Crippen LogP contribution in [0.5, 0.6) is 5.75 Å². The minimum atomic E-state index is -1.96. The first-order valence-corrected chi connectivity index (χ1v) is 19.0. The van der Waals surface area contributed by atoms with Gasteiger partial charge in [-0.15, -0.1) is 11.8 Å². The summed E-state index contributed by atoms with van der Waals surface area (Å²) in [6, 6.07) is 16.6. The summed E-state index contributed by atoms with van der Waals surface area (Å²) in [4.78, 5) is 20.0. The molecule has 6 N–H and O–H groups in total. The Morgan fingerprint density at radius 1 is 0.961 bits per heavy atom. The minimum Gasteiger partial charge on any atom is -0.490 e. The lowest BCUT2D eigenvalue weighted by Gasteiger charge is -2.30. The fourth-order valence-corrected chi connectivity index (χ4v) is 7.03. The maximum absolute atomic E-state index is 13.0. The van der Waals surface area contributed by atoms with E-state index >= 15 is 0 Å². The number of pyridine rings is 1. The van der Waals surface area contributed by atoms with E-state index in [2.05, 4.69) is 42.2 Å². The van der Waals surface area contributed by atoms with Gasteiger partial charge in [0.2, 0.25) is 0 Å². The highest BCUT2D eigenvalue weighted by Crippen LogP contribution is 2.53. The van der Waals surface area contributed by atoms with Crippen LogP contribution < -0.4 is 4.74 Å². The molecule has 0 aliphatic heterocycles. The molecule has 1 heterocycles. The number of amides is 1. The Bertz CT molecular complexity index is 1570. The van der Waals surface area contributed by atoms with Crippen molar-refractivity contribution in [3.8, 4) is 16.9 Å². The molecule has 0 saturated heterocycles. The number of carbonyl (C=O) groups is 1. The van der Waals surface area contributed by atoms with E-state index in [9.17, 15) is 30.3 Å². The van der Waals surface area contributed by atoms with Gasteiger partial charge in [0.15, 0.2) is 6.10 Å². The van der Waals surface area contributed by atoms with Crippen LogP contribution in [0.4, 0.5) is 0 Å². The molecule has 0 spiro atoms. The van der Waals surface area contributed by atoms with Crippen molar-refractivity contribution in [2.24, 2.45) is 0 Å². The van der Waals surface area contributed by atoms with Crippen LogP contribution in [0, 0.1) is 6.92 Å². The number of ether oxygens (including phenoxy) is 2. The van der Waals surface area contributed by atoms with Gasteiger partial charge in [0.1, 0.15) is 24.1 Å². The number of para-hydroxylation sites is 1. The van der Waals surface area contributed by atoms with Gasteiger partial charge in [-0.05, 0) is 105 Å². The molecule has 3 aromatic rings. The largest absolute Gasteiger partial charge is 0.490 e. The van der Waals surface area contributed by atoms with Crippen LogP contribution in [0.3, 0.4) is 0 Å². The highest BCUT2D eigenvalue weighted by molar-refractivity contribution is 7.99. The second-order valence-corrected chi connectivity index (χ2v) is 14.8. The zero-order chi connectivity index (χ0) is 36.4. The number of carbonyl (C=O) groups excluding carboxylic acids is 1. The average Bonchev–Trinajstić information content (AvgIpc) is 4.10. The van der Waals surface area contributed by atoms with E-state index in [0.717, 1.165) is 76.3 Å². The normalized spacial score (nSPS) is 17.4. The number of rotatable bonds is 22. The number of nitrogens with zero attached hydrogens (tertiary/aromatic N) is 2. The summed E-state index contributed by atoms with van der Waals surface area (Å²) in [6.07, 6.45) is 2.97. The van der Waals surface area contributed by atoms with E-state index in [-0.39, 0.29) is 13.2 Å². The molecule has 1 amide bonds. The lowest BCUT2D eigenvalue weighted by atomic mass is 9.96. The van der Waals surface area contributed by atoms with Crippen molar-refractivity contribution in [2.75, 3.05) is 32.1 Å². The third-order valence-corrected chi connectivity index (χ3v) is 10.7. The summed E-state index contributed by atoms with van der Waals surface area (Å²) < 4.78 is 13.0. The molecule has 0 unspecified atom stereocenters. The summed E-state index contributed by atoms with van der Waals surface area (Å²) in [5.41, 5.74) is 5.12. The monoisotopic (exact) mass is 724 g/mol. The Balaban J connectivity index is 1.15. The van der Waals surface area contributed by atoms with Crippen molar-refractivity contribution in [3.63, 3.8) is 0 Å². The first-order valence-electron chi connectivity index (χ1n) is 18.0. The van der Waals surface area contributed by atoms with Gasteiger partial charge in [-0.1, -0.05) is 24.3 Å². The van der Waals surface area contributed by atoms with Crippen LogP contribution in [0.15, 0.2) is 65.8 Å². The Labute approximate surface area is 304 Å². The first-order chi connectivity index (χ1) is 24.7. The molecule has 278 valence electrons. The maximum Gasteiger partial charge on any atom is 0.254 e. The Hall–Kier alpha value is -3.07. The van der Waals surface area contributed by atoms with Gasteiger partial charge < -0.3 is 45.0 Å². The van der Waals surface area contributed by atoms with Gasteiger partial charge in [0, 0.05) is 48.1 Å². The van der Waals surface area contributed by atoms with Crippen molar-refractivity contribution in [1.82, 2.24) is 9.88 Å². The van der Waals surface area contributed by atoms with E-state index in [4.69, 9.17) is 14.6 Å². The SMILES string of the molecule is Cc1ccc(SCCCCN(CCCCO)C(=O)[C@@H](O)[C@@H](O)[C@H](O)[C@@H](O)CO)cc1COC1(c2cnccc2-c2ccccc2OC2CC2)CC1. The smallest absolute Gasteiger partial charge is 0.254 e. The van der Waals surface area contributed by atoms with E-state index in [1.165, 1.54) is 4.90 Å². The molecule has 2 aliphatic carbocycles. The predicted molar refractivity (Wildman–Crippen MR) is 194 cm³/mol. The fourth-order valence-electron chi connectivity index (χ4n) is 6.06. The van der Waals surface area contributed by atoms with Gasteiger partial charge in [-0.3, -0.25) is 9.78 Å². The number of unbranched alkanes of at least 4 members (excludes halogenated alkanes) is 2. The van der Waals surface area contributed by atoms with Crippen molar-refractivity contribution in [3.05, 3.63) is 77.6 Å². The third-order valence-electron chi connectivity index (χ3n) is 9.58. The zero-order valence-corrected chi connectivity index (χ0v) is 30.1. The number of aliphatic hydroxyl groups excluding tert-OH is 6. The van der Waals surface area contributed by atoms with E-state index in [0.29, 0.717) is 38.5 Å². The number of hydrogen-bond acceptors (Lipinski definition) is 11. The maximum atomic E-state index is 13.0. The van der Waals surface area contributed by atoms with Crippen LogP contribution in [-0.4, -0.2) is 109 Å². The molecule has 2 fully saturated rings. The molecule has 0 radical (unpaired) electrons. The highest BCUT2D eigenvalue weighted by atomic mass is 32.2. The molecule has 2 saturated carbocycles. The molecule has 2 aromatic carbocycles. The summed E-state index contributed by atoms with van der Waals surface area (Å²) in [7, 11) is 0. The second kappa shape index (κ2) is 18.6. The summed E-state index contributed by atoms with van der Waals surface area (Å²) in [5, 5.41) is 58.5. The number of aryl methyl sites for hydroxylation is 1. The Morgan fingerprint density at radius 2 is 1.71 bits per heavy atom. The first kappa shape index (κ1) is 39.1. The molecular weight excluding hydrogens is 673 g/mol. The summed E-state index contributed by atoms with van der Waals surface area (Å²) in [5.74, 6) is 0.916. The van der Waals surface area contributed by atoms with Gasteiger partial charge in [0.25, 0.3) is 5.91 Å². The Kier molecular flexibility index (Phi) is 14.3. The van der Waals surface area contributed by atoms with E-state index < -0.39 is 42.5 Å². The number of thioether (sulfide) groups is 1. The molecule has 12 heteroatoms. The highest BCUT2D eigenvalue weighted by Gasteiger charge is 2.48. The Morgan fingerprint density at radius 3 is 2.41 bits per heavy atom. The standard InChI is InChI=1S/C39H52N2O9S/c1-26-10-13-29(51-21-7-5-19-41(18-4-6-20-42)38(48)37(47)36(46)35(45)33(44)24-43)22-27(26)25-49-39(15-16-39)32-23-40-17-14-30(32)31-8-2-3-9-34(31)50-28-11-12-28/h2-3,8-10,13-14,17,22-23,28,33,35-37,42-47H,4-7,11-12,15-16,18-21,24-25H2,1H3/t33-,35+,36-,37-/m0/s1. The van der Waals surface area contributed by atoms with Crippen molar-refractivity contribution in [1.29, 1.82) is 0 Å². The van der Waals surface area contributed by atoms with Crippen LogP contribution in [0.2, 0.25) is 0 Å². The van der Waals surface area contributed by atoms with Gasteiger partial charge in [0.05, 0.1) is 24.9 Å². The molecule has 4 atom stereocenters. The molecule has 2 aliphatic rings. The van der Waals surface area contributed by atoms with Crippen molar-refractivity contribution >= 4 is 17.7 Å². The fraction of sp³-hybridized carbons (Fsp3) is 0.538. The van der Waals surface area contributed by atoms with Crippen molar-refractivity contribution in [2.45, 2.75) is 106 Å². The lowest BCUT2D eigenvalue weighted by Crippen LogP contribution is -2.53.